The van der Waals surface area contributed by atoms with Crippen molar-refractivity contribution in [3.8, 4) is 12.1 Å². The van der Waals surface area contributed by atoms with Crippen LogP contribution in [0.2, 0.25) is 0 Å². The first kappa shape index (κ1) is 26.7. The van der Waals surface area contributed by atoms with E-state index in [1.165, 1.54) is 28.7 Å². The molecular formula is C29H22N8OS2. The SMILES string of the molecule is Cc1cc(/C=C/C#N)cc(C)c1Nc1nc(Nc2ccc(C#N)cc2)ncc1C(O)(c1nccs1)c1nccs1. The van der Waals surface area contributed by atoms with Crippen LogP contribution < -0.4 is 10.6 Å². The number of hydrogen-bond acceptors (Lipinski definition) is 11. The molecule has 5 aromatic rings. The van der Waals surface area contributed by atoms with Crippen molar-refractivity contribution < 1.29 is 5.11 Å². The van der Waals surface area contributed by atoms with E-state index >= 15 is 0 Å². The summed E-state index contributed by atoms with van der Waals surface area (Å²) in [5, 5.41) is 41.4. The van der Waals surface area contributed by atoms with Gasteiger partial charge in [0, 0.05) is 46.8 Å². The maximum atomic E-state index is 12.3. The molecule has 0 fully saturated rings. The van der Waals surface area contributed by atoms with Crippen molar-refractivity contribution >= 4 is 51.9 Å². The van der Waals surface area contributed by atoms with Crippen molar-refractivity contribution in [2.24, 2.45) is 0 Å². The molecule has 0 bridgehead atoms. The van der Waals surface area contributed by atoms with E-state index in [4.69, 9.17) is 15.5 Å². The predicted octanol–water partition coefficient (Wildman–Crippen LogP) is 6.19. The average Bonchev–Trinajstić information content (AvgIpc) is 3.70. The molecule has 0 aliphatic carbocycles. The van der Waals surface area contributed by atoms with Gasteiger partial charge in [-0.2, -0.15) is 15.5 Å². The van der Waals surface area contributed by atoms with Gasteiger partial charge < -0.3 is 15.7 Å². The minimum absolute atomic E-state index is 0.292. The Morgan fingerprint density at radius 2 is 1.57 bits per heavy atom. The van der Waals surface area contributed by atoms with Crippen LogP contribution in [0.4, 0.5) is 23.1 Å². The fourth-order valence-electron chi connectivity index (χ4n) is 4.23. The molecule has 0 saturated heterocycles. The highest BCUT2D eigenvalue weighted by Crippen LogP contribution is 2.42. The van der Waals surface area contributed by atoms with Crippen molar-refractivity contribution in [2.45, 2.75) is 19.4 Å². The predicted molar refractivity (Wildman–Crippen MR) is 157 cm³/mol. The fraction of sp³-hybridized carbons (Fsp3) is 0.103. The molecule has 0 aliphatic rings. The van der Waals surface area contributed by atoms with Crippen LogP contribution >= 0.6 is 22.7 Å². The molecule has 11 heteroatoms. The van der Waals surface area contributed by atoms with Gasteiger partial charge in [0.2, 0.25) is 5.95 Å². The number of allylic oxidation sites excluding steroid dienone is 1. The summed E-state index contributed by atoms with van der Waals surface area (Å²) >= 11 is 2.62. The number of aryl methyl sites for hydroxylation is 2. The first-order chi connectivity index (χ1) is 19.4. The second-order valence-corrected chi connectivity index (χ2v) is 10.6. The Hall–Kier alpha value is -4.94. The average molecular weight is 563 g/mol. The van der Waals surface area contributed by atoms with Crippen LogP contribution in [-0.4, -0.2) is 25.0 Å². The van der Waals surface area contributed by atoms with E-state index in [0.29, 0.717) is 38.6 Å². The first-order valence-corrected chi connectivity index (χ1v) is 13.8. The number of hydrogen-bond donors (Lipinski definition) is 3. The largest absolute Gasteiger partial charge is 0.372 e. The van der Waals surface area contributed by atoms with E-state index in [9.17, 15) is 5.11 Å². The van der Waals surface area contributed by atoms with Gasteiger partial charge in [0.15, 0.2) is 5.60 Å². The Morgan fingerprint density at radius 1 is 0.925 bits per heavy atom. The molecule has 0 unspecified atom stereocenters. The van der Waals surface area contributed by atoms with Crippen molar-refractivity contribution in [1.82, 2.24) is 19.9 Å². The van der Waals surface area contributed by atoms with Crippen molar-refractivity contribution in [3.63, 3.8) is 0 Å². The molecule has 2 aromatic carbocycles. The molecule has 0 spiro atoms. The van der Waals surface area contributed by atoms with Gasteiger partial charge in [0.1, 0.15) is 15.8 Å². The molecule has 0 atom stereocenters. The Labute approximate surface area is 238 Å². The number of rotatable bonds is 8. The fourth-order valence-corrected chi connectivity index (χ4v) is 5.79. The Balaban J connectivity index is 1.64. The van der Waals surface area contributed by atoms with Crippen LogP contribution in [0, 0.1) is 36.5 Å². The van der Waals surface area contributed by atoms with E-state index in [0.717, 1.165) is 22.4 Å². The molecule has 0 amide bonds. The number of benzene rings is 2. The van der Waals surface area contributed by atoms with Gasteiger partial charge in [-0.25, -0.2) is 15.0 Å². The van der Waals surface area contributed by atoms with Gasteiger partial charge in [-0.1, -0.05) is 0 Å². The topological polar surface area (TPSA) is 143 Å². The molecular weight excluding hydrogens is 541 g/mol. The van der Waals surface area contributed by atoms with Gasteiger partial charge in [-0.05, 0) is 73.0 Å². The maximum absolute atomic E-state index is 12.3. The molecule has 3 heterocycles. The molecule has 196 valence electrons. The van der Waals surface area contributed by atoms with Crippen molar-refractivity contribution in [2.75, 3.05) is 10.6 Å². The number of nitrogens with zero attached hydrogens (tertiary/aromatic N) is 6. The third-order valence-electron chi connectivity index (χ3n) is 6.08. The van der Waals surface area contributed by atoms with Gasteiger partial charge in [0.25, 0.3) is 0 Å². The molecule has 0 saturated carbocycles. The van der Waals surface area contributed by atoms with E-state index in [2.05, 4.69) is 31.7 Å². The summed E-state index contributed by atoms with van der Waals surface area (Å²) in [6, 6.07) is 15.0. The van der Waals surface area contributed by atoms with Gasteiger partial charge in [-0.3, -0.25) is 0 Å². The summed E-state index contributed by atoms with van der Waals surface area (Å²) in [7, 11) is 0. The number of anilines is 4. The van der Waals surface area contributed by atoms with E-state index in [1.54, 1.807) is 59.7 Å². The van der Waals surface area contributed by atoms with Crippen LogP contribution in [0.3, 0.4) is 0 Å². The number of aliphatic hydroxyl groups is 1. The minimum atomic E-state index is -1.70. The molecule has 0 aliphatic heterocycles. The zero-order chi connectivity index (χ0) is 28.1. The Bertz CT molecular complexity index is 1690. The quantitative estimate of drug-likeness (QED) is 0.189. The Morgan fingerprint density at radius 3 is 2.12 bits per heavy atom. The van der Waals surface area contributed by atoms with Crippen LogP contribution in [0.5, 0.6) is 0 Å². The van der Waals surface area contributed by atoms with Crippen molar-refractivity contribution in [1.29, 1.82) is 10.5 Å². The summed E-state index contributed by atoms with van der Waals surface area (Å²) in [5.41, 5.74) is 3.49. The van der Waals surface area contributed by atoms with E-state index < -0.39 is 5.60 Å². The van der Waals surface area contributed by atoms with Gasteiger partial charge in [-0.15, -0.1) is 22.7 Å². The number of nitriles is 2. The minimum Gasteiger partial charge on any atom is -0.372 e. The summed E-state index contributed by atoms with van der Waals surface area (Å²) in [4.78, 5) is 18.2. The zero-order valence-corrected chi connectivity index (χ0v) is 23.1. The molecule has 5 rings (SSSR count). The third kappa shape index (κ3) is 5.30. The summed E-state index contributed by atoms with van der Waals surface area (Å²) in [6.45, 7) is 3.92. The lowest BCUT2D eigenvalue weighted by Gasteiger charge is -2.27. The highest BCUT2D eigenvalue weighted by Gasteiger charge is 2.42. The van der Waals surface area contributed by atoms with Crippen molar-refractivity contribution in [3.05, 3.63) is 110 Å². The van der Waals surface area contributed by atoms with Crippen LogP contribution in [0.25, 0.3) is 6.08 Å². The molecule has 40 heavy (non-hydrogen) atoms. The van der Waals surface area contributed by atoms with Gasteiger partial charge in [0.05, 0.1) is 23.3 Å². The first-order valence-electron chi connectivity index (χ1n) is 12.0. The zero-order valence-electron chi connectivity index (χ0n) is 21.5. The maximum Gasteiger partial charge on any atom is 0.229 e. The second-order valence-electron chi connectivity index (χ2n) is 8.77. The standard InChI is InChI=1S/C29H22N8OS2/c1-18-14-21(4-3-9-30)15-19(2)24(18)36-25-23(29(38,26-32-10-12-39-26)27-33-11-13-40-27)17-34-28(37-25)35-22-7-5-20(16-31)6-8-22/h3-8,10-15,17,38H,1-2H3,(H2,34,35,36,37)/b4-3+. The highest BCUT2D eigenvalue weighted by atomic mass is 32.1. The van der Waals surface area contributed by atoms with Crippen LogP contribution in [0.1, 0.15) is 37.8 Å². The normalized spacial score (nSPS) is 11.2. The molecule has 3 N–H and O–H groups in total. The summed E-state index contributed by atoms with van der Waals surface area (Å²) < 4.78 is 0. The summed E-state index contributed by atoms with van der Waals surface area (Å²) in [6.07, 6.45) is 8.03. The molecule has 0 radical (unpaired) electrons. The number of thiazole rings is 2. The van der Waals surface area contributed by atoms with E-state index in [-0.39, 0.29) is 0 Å². The van der Waals surface area contributed by atoms with Crippen LogP contribution in [0.15, 0.2) is 71.8 Å². The molecule has 9 nitrogen and oxygen atoms in total. The van der Waals surface area contributed by atoms with Crippen LogP contribution in [-0.2, 0) is 5.60 Å². The molecule has 3 aromatic heterocycles. The lowest BCUT2D eigenvalue weighted by Crippen LogP contribution is -2.30. The Kier molecular flexibility index (Phi) is 7.62. The second kappa shape index (κ2) is 11.4. The highest BCUT2D eigenvalue weighted by molar-refractivity contribution is 7.11. The smallest absolute Gasteiger partial charge is 0.229 e. The number of nitrogens with one attached hydrogen (secondary N) is 2. The number of aromatic nitrogens is 4. The van der Waals surface area contributed by atoms with Gasteiger partial charge >= 0.3 is 0 Å². The lowest BCUT2D eigenvalue weighted by atomic mass is 9.96. The monoisotopic (exact) mass is 562 g/mol. The third-order valence-corrected chi connectivity index (χ3v) is 7.84. The van der Waals surface area contributed by atoms with E-state index in [1.807, 2.05) is 32.0 Å². The lowest BCUT2D eigenvalue weighted by molar-refractivity contribution is 0.125. The summed E-state index contributed by atoms with van der Waals surface area (Å²) in [5.74, 6) is 0.658.